The number of aromatic nitrogens is 3. The Bertz CT molecular complexity index is 606. The Morgan fingerprint density at radius 3 is 2.95 bits per heavy atom. The number of hydrogen-bond donors (Lipinski definition) is 2. The quantitative estimate of drug-likeness (QED) is 0.905. The molecule has 5 nitrogen and oxygen atoms in total. The van der Waals surface area contributed by atoms with Crippen LogP contribution in [0.15, 0.2) is 18.6 Å². The van der Waals surface area contributed by atoms with Crippen LogP contribution in [0.4, 0.5) is 11.6 Å². The first kappa shape index (κ1) is 14.2. The van der Waals surface area contributed by atoms with Gasteiger partial charge in [0.15, 0.2) is 11.5 Å². The van der Waals surface area contributed by atoms with Gasteiger partial charge in [-0.05, 0) is 38.0 Å². The van der Waals surface area contributed by atoms with Gasteiger partial charge in [-0.25, -0.2) is 9.97 Å². The molecular formula is C16H25N5. The standard InChI is InChI=1S/C16H25N5/c1-4-17-14-10-21-8-7-18-16(21)15(20-14)19-13-6-5-11(2)9-12(13)3/h7-8,10-13,17H,4-6,9H2,1-3H3,(H,19,20). The molecule has 1 aliphatic rings. The Morgan fingerprint density at radius 2 is 2.19 bits per heavy atom. The van der Waals surface area contributed by atoms with Gasteiger partial charge in [0, 0.05) is 25.0 Å². The first-order valence-electron chi connectivity index (χ1n) is 8.01. The van der Waals surface area contributed by atoms with Crippen molar-refractivity contribution < 1.29 is 0 Å². The van der Waals surface area contributed by atoms with Gasteiger partial charge in [0.1, 0.15) is 5.82 Å². The van der Waals surface area contributed by atoms with E-state index in [1.54, 1.807) is 0 Å². The normalized spacial score (nSPS) is 26.0. The first-order valence-corrected chi connectivity index (χ1v) is 8.01. The average Bonchev–Trinajstić information content (AvgIpc) is 2.91. The van der Waals surface area contributed by atoms with E-state index in [-0.39, 0.29) is 0 Å². The lowest BCUT2D eigenvalue weighted by Gasteiger charge is -2.33. The third-order valence-electron chi connectivity index (χ3n) is 4.49. The van der Waals surface area contributed by atoms with Crippen molar-refractivity contribution in [1.29, 1.82) is 0 Å². The third kappa shape index (κ3) is 2.96. The minimum Gasteiger partial charge on any atom is -0.369 e. The van der Waals surface area contributed by atoms with E-state index in [9.17, 15) is 0 Å². The van der Waals surface area contributed by atoms with Gasteiger partial charge in [0.25, 0.3) is 0 Å². The molecule has 2 heterocycles. The van der Waals surface area contributed by atoms with E-state index in [1.807, 2.05) is 23.0 Å². The molecule has 0 aromatic carbocycles. The van der Waals surface area contributed by atoms with Crippen LogP contribution in [-0.4, -0.2) is 27.0 Å². The first-order chi connectivity index (χ1) is 10.2. The predicted molar refractivity (Wildman–Crippen MR) is 86.7 cm³/mol. The van der Waals surface area contributed by atoms with Crippen molar-refractivity contribution in [3.8, 4) is 0 Å². The zero-order chi connectivity index (χ0) is 14.8. The van der Waals surface area contributed by atoms with E-state index >= 15 is 0 Å². The van der Waals surface area contributed by atoms with Gasteiger partial charge in [-0.3, -0.25) is 0 Å². The number of fused-ring (bicyclic) bond motifs is 1. The van der Waals surface area contributed by atoms with Gasteiger partial charge >= 0.3 is 0 Å². The molecule has 2 aromatic rings. The maximum Gasteiger partial charge on any atom is 0.180 e. The predicted octanol–water partition coefficient (Wildman–Crippen LogP) is 3.40. The molecule has 1 fully saturated rings. The smallest absolute Gasteiger partial charge is 0.180 e. The molecule has 0 spiro atoms. The average molecular weight is 287 g/mol. The molecule has 0 aliphatic heterocycles. The molecule has 0 saturated heterocycles. The number of rotatable bonds is 4. The van der Waals surface area contributed by atoms with Gasteiger partial charge in [0.05, 0.1) is 6.20 Å². The lowest BCUT2D eigenvalue weighted by atomic mass is 9.80. The number of nitrogens with one attached hydrogen (secondary N) is 2. The second-order valence-electron chi connectivity index (χ2n) is 6.31. The van der Waals surface area contributed by atoms with Crippen LogP contribution in [0.1, 0.15) is 40.0 Å². The Labute approximate surface area is 126 Å². The molecule has 21 heavy (non-hydrogen) atoms. The van der Waals surface area contributed by atoms with Gasteiger partial charge < -0.3 is 15.0 Å². The van der Waals surface area contributed by atoms with Crippen LogP contribution in [0.5, 0.6) is 0 Å². The minimum atomic E-state index is 0.492. The summed E-state index contributed by atoms with van der Waals surface area (Å²) in [5.41, 5.74) is 0.905. The van der Waals surface area contributed by atoms with Crippen molar-refractivity contribution in [1.82, 2.24) is 14.4 Å². The van der Waals surface area contributed by atoms with E-state index in [4.69, 9.17) is 4.98 Å². The fourth-order valence-corrected chi connectivity index (χ4v) is 3.35. The van der Waals surface area contributed by atoms with E-state index in [0.717, 1.165) is 29.7 Å². The second kappa shape index (κ2) is 5.92. The molecule has 3 atom stereocenters. The highest BCUT2D eigenvalue weighted by atomic mass is 15.2. The number of imidazole rings is 1. The second-order valence-corrected chi connectivity index (χ2v) is 6.31. The molecule has 0 amide bonds. The Kier molecular flexibility index (Phi) is 3.99. The molecule has 0 radical (unpaired) electrons. The Hall–Kier alpha value is -1.78. The topological polar surface area (TPSA) is 54.2 Å². The molecule has 2 aromatic heterocycles. The monoisotopic (exact) mass is 287 g/mol. The summed E-state index contributed by atoms with van der Waals surface area (Å²) in [7, 11) is 0. The summed E-state index contributed by atoms with van der Waals surface area (Å²) in [5.74, 6) is 3.30. The van der Waals surface area contributed by atoms with Gasteiger partial charge in [0.2, 0.25) is 0 Å². The third-order valence-corrected chi connectivity index (χ3v) is 4.49. The molecule has 3 rings (SSSR count). The minimum absolute atomic E-state index is 0.492. The lowest BCUT2D eigenvalue weighted by molar-refractivity contribution is 0.276. The van der Waals surface area contributed by atoms with Gasteiger partial charge in [-0.15, -0.1) is 0 Å². The fourth-order valence-electron chi connectivity index (χ4n) is 3.35. The summed E-state index contributed by atoms with van der Waals surface area (Å²) >= 11 is 0. The lowest BCUT2D eigenvalue weighted by Crippen LogP contribution is -2.33. The number of nitrogens with zero attached hydrogens (tertiary/aromatic N) is 3. The largest absolute Gasteiger partial charge is 0.369 e. The van der Waals surface area contributed by atoms with Crippen molar-refractivity contribution in [3.05, 3.63) is 18.6 Å². The SMILES string of the molecule is CCNc1cn2ccnc2c(NC2CCC(C)CC2C)n1. The van der Waals surface area contributed by atoms with Crippen LogP contribution in [0.25, 0.3) is 5.65 Å². The number of anilines is 2. The highest BCUT2D eigenvalue weighted by molar-refractivity contribution is 5.65. The van der Waals surface area contributed by atoms with Gasteiger partial charge in [-0.1, -0.05) is 13.8 Å². The molecule has 2 N–H and O–H groups in total. The number of hydrogen-bond acceptors (Lipinski definition) is 4. The maximum absolute atomic E-state index is 4.70. The van der Waals surface area contributed by atoms with Crippen LogP contribution in [0, 0.1) is 11.8 Å². The van der Waals surface area contributed by atoms with Crippen molar-refractivity contribution in [2.75, 3.05) is 17.2 Å². The molecular weight excluding hydrogens is 262 g/mol. The Morgan fingerprint density at radius 1 is 1.33 bits per heavy atom. The van der Waals surface area contributed by atoms with Crippen molar-refractivity contribution in [2.24, 2.45) is 11.8 Å². The van der Waals surface area contributed by atoms with Crippen molar-refractivity contribution >= 4 is 17.3 Å². The van der Waals surface area contributed by atoms with Crippen LogP contribution in [0.3, 0.4) is 0 Å². The molecule has 0 bridgehead atoms. The van der Waals surface area contributed by atoms with Crippen LogP contribution < -0.4 is 10.6 Å². The Balaban J connectivity index is 1.86. The molecule has 1 aliphatic carbocycles. The summed E-state index contributed by atoms with van der Waals surface area (Å²) in [6, 6.07) is 0.492. The van der Waals surface area contributed by atoms with E-state index in [2.05, 4.69) is 36.4 Å². The van der Waals surface area contributed by atoms with E-state index < -0.39 is 0 Å². The van der Waals surface area contributed by atoms with Crippen molar-refractivity contribution in [2.45, 2.75) is 46.1 Å². The van der Waals surface area contributed by atoms with E-state index in [0.29, 0.717) is 12.0 Å². The van der Waals surface area contributed by atoms with Crippen LogP contribution >= 0.6 is 0 Å². The highest BCUT2D eigenvalue weighted by Crippen LogP contribution is 2.31. The van der Waals surface area contributed by atoms with E-state index in [1.165, 1.54) is 19.3 Å². The zero-order valence-corrected chi connectivity index (χ0v) is 13.1. The zero-order valence-electron chi connectivity index (χ0n) is 13.1. The summed E-state index contributed by atoms with van der Waals surface area (Å²) in [6.07, 6.45) is 9.57. The van der Waals surface area contributed by atoms with Crippen LogP contribution in [-0.2, 0) is 0 Å². The molecule has 114 valence electrons. The highest BCUT2D eigenvalue weighted by Gasteiger charge is 2.26. The summed E-state index contributed by atoms with van der Waals surface area (Å²) in [4.78, 5) is 9.14. The maximum atomic E-state index is 4.70. The van der Waals surface area contributed by atoms with Crippen molar-refractivity contribution in [3.63, 3.8) is 0 Å². The summed E-state index contributed by atoms with van der Waals surface area (Å²) < 4.78 is 2.03. The fraction of sp³-hybridized carbons (Fsp3) is 0.625. The summed E-state index contributed by atoms with van der Waals surface area (Å²) in [5, 5.41) is 6.93. The molecule has 5 heteroatoms. The van der Waals surface area contributed by atoms with Gasteiger partial charge in [-0.2, -0.15) is 0 Å². The molecule has 1 saturated carbocycles. The molecule has 3 unspecified atom stereocenters. The van der Waals surface area contributed by atoms with Crippen LogP contribution in [0.2, 0.25) is 0 Å². The summed E-state index contributed by atoms with van der Waals surface area (Å²) in [6.45, 7) is 7.63.